The highest BCUT2D eigenvalue weighted by molar-refractivity contribution is 5.85. The molecule has 0 spiro atoms. The lowest BCUT2D eigenvalue weighted by Crippen LogP contribution is -2.39. The number of carboxylic acids is 2. The van der Waals surface area contributed by atoms with E-state index in [2.05, 4.69) is 0 Å². The first kappa shape index (κ1) is 15.7. The van der Waals surface area contributed by atoms with Gasteiger partial charge in [-0.2, -0.15) is 0 Å². The predicted octanol–water partition coefficient (Wildman–Crippen LogP) is 1.01. The number of benzene rings is 1. The van der Waals surface area contributed by atoms with Crippen molar-refractivity contribution in [1.29, 1.82) is 0 Å². The summed E-state index contributed by atoms with van der Waals surface area (Å²) in [7, 11) is 0. The molecule has 108 valence electrons. The van der Waals surface area contributed by atoms with Crippen LogP contribution >= 0.6 is 0 Å². The maximum atomic E-state index is 11.8. The van der Waals surface area contributed by atoms with Crippen molar-refractivity contribution in [3.8, 4) is 0 Å². The largest absolute Gasteiger partial charge is 0.480 e. The number of carbonyl (C=O) groups is 3. The Kier molecular flexibility index (Phi) is 6.22. The van der Waals surface area contributed by atoms with Gasteiger partial charge in [0.25, 0.3) is 0 Å². The molecule has 0 heterocycles. The summed E-state index contributed by atoms with van der Waals surface area (Å²) in [5.74, 6) is -2.89. The number of hydrogen-bond donors (Lipinski definition) is 2. The lowest BCUT2D eigenvalue weighted by Gasteiger charge is -2.18. The van der Waals surface area contributed by atoms with Crippen LogP contribution in [0.25, 0.3) is 0 Å². The summed E-state index contributed by atoms with van der Waals surface area (Å²) in [5, 5.41) is 17.3. The highest BCUT2D eigenvalue weighted by Gasteiger charge is 2.18. The van der Waals surface area contributed by atoms with Crippen LogP contribution in [0.3, 0.4) is 0 Å². The summed E-state index contributed by atoms with van der Waals surface area (Å²) >= 11 is 0. The first-order valence-electron chi connectivity index (χ1n) is 6.24. The van der Waals surface area contributed by atoms with E-state index in [9.17, 15) is 14.4 Å². The lowest BCUT2D eigenvalue weighted by atomic mass is 10.1. The number of carbonyl (C=O) groups excluding carboxylic acids is 1. The molecule has 0 unspecified atom stereocenters. The maximum absolute atomic E-state index is 11.8. The van der Waals surface area contributed by atoms with Gasteiger partial charge in [0.15, 0.2) is 0 Å². The van der Waals surface area contributed by atoms with E-state index in [1.165, 1.54) is 0 Å². The third kappa shape index (κ3) is 5.99. The number of nitrogens with zero attached hydrogens (tertiary/aromatic N) is 1. The Morgan fingerprint density at radius 2 is 1.50 bits per heavy atom. The minimum Gasteiger partial charge on any atom is -0.480 e. The Balaban J connectivity index is 2.45. The van der Waals surface area contributed by atoms with Crippen LogP contribution in [0.4, 0.5) is 0 Å². The molecule has 0 aliphatic carbocycles. The van der Waals surface area contributed by atoms with Crippen LogP contribution < -0.4 is 0 Å². The minimum absolute atomic E-state index is 0.134. The number of rotatable bonds is 8. The van der Waals surface area contributed by atoms with Gasteiger partial charge >= 0.3 is 11.9 Å². The molecule has 0 fully saturated rings. The molecule has 20 heavy (non-hydrogen) atoms. The van der Waals surface area contributed by atoms with E-state index in [0.29, 0.717) is 12.8 Å². The van der Waals surface area contributed by atoms with Crippen LogP contribution in [-0.4, -0.2) is 46.0 Å². The molecular weight excluding hydrogens is 262 g/mol. The summed E-state index contributed by atoms with van der Waals surface area (Å²) in [6.07, 6.45) is 1.38. The molecule has 2 N–H and O–H groups in total. The number of amides is 1. The Morgan fingerprint density at radius 1 is 0.950 bits per heavy atom. The topological polar surface area (TPSA) is 94.9 Å². The zero-order valence-electron chi connectivity index (χ0n) is 11.0. The second kappa shape index (κ2) is 7.93. The fraction of sp³-hybridized carbons (Fsp3) is 0.357. The summed E-state index contributed by atoms with van der Waals surface area (Å²) in [6.45, 7) is -1.17. The first-order valence-corrected chi connectivity index (χ1v) is 6.24. The average Bonchev–Trinajstić information content (AvgIpc) is 2.38. The van der Waals surface area contributed by atoms with Crippen LogP contribution in [0.5, 0.6) is 0 Å². The van der Waals surface area contributed by atoms with Gasteiger partial charge in [0.1, 0.15) is 13.1 Å². The van der Waals surface area contributed by atoms with Crippen LogP contribution in [0.15, 0.2) is 30.3 Å². The van der Waals surface area contributed by atoms with Crippen molar-refractivity contribution in [3.05, 3.63) is 35.9 Å². The third-order valence-corrected chi connectivity index (χ3v) is 2.70. The van der Waals surface area contributed by atoms with E-state index >= 15 is 0 Å². The molecular formula is C14H17NO5. The second-order valence-corrected chi connectivity index (χ2v) is 4.38. The standard InChI is InChI=1S/C14H17NO5/c16-12(15(9-13(17)18)10-14(19)20)8-4-7-11-5-2-1-3-6-11/h1-3,5-6H,4,7-10H2,(H,17,18)(H,19,20). The SMILES string of the molecule is O=C(O)CN(CC(=O)O)C(=O)CCCc1ccccc1. The van der Waals surface area contributed by atoms with Crippen molar-refractivity contribution in [1.82, 2.24) is 4.90 Å². The lowest BCUT2D eigenvalue weighted by molar-refractivity contribution is -0.149. The van der Waals surface area contributed by atoms with E-state index in [4.69, 9.17) is 10.2 Å². The van der Waals surface area contributed by atoms with Crippen molar-refractivity contribution in [2.24, 2.45) is 0 Å². The van der Waals surface area contributed by atoms with E-state index < -0.39 is 30.9 Å². The summed E-state index contributed by atoms with van der Waals surface area (Å²) in [5.41, 5.74) is 1.09. The molecule has 0 bridgehead atoms. The monoisotopic (exact) mass is 279 g/mol. The molecule has 0 aliphatic rings. The smallest absolute Gasteiger partial charge is 0.323 e. The number of aliphatic carboxylic acids is 2. The Labute approximate surface area is 116 Å². The van der Waals surface area contributed by atoms with E-state index in [-0.39, 0.29) is 6.42 Å². The summed E-state index contributed by atoms with van der Waals surface area (Å²) in [6, 6.07) is 9.58. The number of hydrogen-bond acceptors (Lipinski definition) is 3. The number of aryl methyl sites for hydroxylation is 1. The fourth-order valence-corrected chi connectivity index (χ4v) is 1.81. The van der Waals surface area contributed by atoms with Crippen molar-refractivity contribution in [2.75, 3.05) is 13.1 Å². The van der Waals surface area contributed by atoms with Crippen LogP contribution in [0.2, 0.25) is 0 Å². The Hall–Kier alpha value is -2.37. The van der Waals surface area contributed by atoms with Gasteiger partial charge in [0, 0.05) is 6.42 Å². The molecule has 0 radical (unpaired) electrons. The Morgan fingerprint density at radius 3 is 2.00 bits per heavy atom. The third-order valence-electron chi connectivity index (χ3n) is 2.70. The highest BCUT2D eigenvalue weighted by Crippen LogP contribution is 2.06. The summed E-state index contributed by atoms with van der Waals surface area (Å²) in [4.78, 5) is 33.9. The normalized spacial score (nSPS) is 10.0. The molecule has 0 atom stereocenters. The van der Waals surface area contributed by atoms with Gasteiger partial charge in [-0.3, -0.25) is 14.4 Å². The van der Waals surface area contributed by atoms with Gasteiger partial charge in [0.05, 0.1) is 0 Å². The molecule has 0 saturated carbocycles. The molecule has 1 aromatic carbocycles. The van der Waals surface area contributed by atoms with Gasteiger partial charge in [-0.05, 0) is 18.4 Å². The molecule has 1 rings (SSSR count). The molecule has 6 nitrogen and oxygen atoms in total. The van der Waals surface area contributed by atoms with Crippen molar-refractivity contribution >= 4 is 17.8 Å². The van der Waals surface area contributed by atoms with Gasteiger partial charge in [-0.15, -0.1) is 0 Å². The molecule has 1 amide bonds. The Bertz CT molecular complexity index is 456. The fourth-order valence-electron chi connectivity index (χ4n) is 1.81. The van der Waals surface area contributed by atoms with Gasteiger partial charge < -0.3 is 15.1 Å². The van der Waals surface area contributed by atoms with Gasteiger partial charge in [0.2, 0.25) is 5.91 Å². The van der Waals surface area contributed by atoms with Crippen molar-refractivity contribution in [3.63, 3.8) is 0 Å². The van der Waals surface area contributed by atoms with E-state index in [0.717, 1.165) is 10.5 Å². The number of carboxylic acid groups (broad SMARTS) is 2. The maximum Gasteiger partial charge on any atom is 0.323 e. The first-order chi connectivity index (χ1) is 9.49. The molecule has 0 aliphatic heterocycles. The van der Waals surface area contributed by atoms with E-state index in [1.54, 1.807) is 0 Å². The van der Waals surface area contributed by atoms with Crippen molar-refractivity contribution < 1.29 is 24.6 Å². The minimum atomic E-state index is -1.22. The van der Waals surface area contributed by atoms with Gasteiger partial charge in [-0.25, -0.2) is 0 Å². The molecule has 0 saturated heterocycles. The average molecular weight is 279 g/mol. The van der Waals surface area contributed by atoms with Crippen LogP contribution in [-0.2, 0) is 20.8 Å². The van der Waals surface area contributed by atoms with Gasteiger partial charge in [-0.1, -0.05) is 30.3 Å². The van der Waals surface area contributed by atoms with Crippen LogP contribution in [0.1, 0.15) is 18.4 Å². The molecule has 1 aromatic rings. The quantitative estimate of drug-likeness (QED) is 0.740. The summed E-state index contributed by atoms with van der Waals surface area (Å²) < 4.78 is 0. The highest BCUT2D eigenvalue weighted by atomic mass is 16.4. The molecule has 0 aromatic heterocycles. The molecule has 6 heteroatoms. The zero-order valence-corrected chi connectivity index (χ0v) is 11.0. The van der Waals surface area contributed by atoms with E-state index in [1.807, 2.05) is 30.3 Å². The van der Waals surface area contributed by atoms with Crippen molar-refractivity contribution in [2.45, 2.75) is 19.3 Å². The zero-order chi connectivity index (χ0) is 15.0. The second-order valence-electron chi connectivity index (χ2n) is 4.38. The predicted molar refractivity (Wildman–Crippen MR) is 71.2 cm³/mol. The van der Waals surface area contributed by atoms with Crippen LogP contribution in [0, 0.1) is 0 Å².